The summed E-state index contributed by atoms with van der Waals surface area (Å²) in [5, 5.41) is 23.5. The molecule has 0 rings (SSSR count). The van der Waals surface area contributed by atoms with E-state index in [1.165, 1.54) is 6.92 Å². The second kappa shape index (κ2) is 6.44. The van der Waals surface area contributed by atoms with E-state index in [0.717, 1.165) is 0 Å². The van der Waals surface area contributed by atoms with Crippen molar-refractivity contribution in [2.45, 2.75) is 25.9 Å². The highest BCUT2D eigenvalue weighted by Gasteiger charge is 2.25. The molecule has 0 fully saturated rings. The van der Waals surface area contributed by atoms with Gasteiger partial charge >= 0.3 is 5.97 Å². The normalized spacial score (nSPS) is 16.2. The van der Waals surface area contributed by atoms with Crippen LogP contribution < -0.4 is 10.6 Å². The topological polar surface area (TPSA) is 98.7 Å². The van der Waals surface area contributed by atoms with Crippen LogP contribution in [0.1, 0.15) is 20.3 Å². The van der Waals surface area contributed by atoms with Gasteiger partial charge in [-0.25, -0.2) is 0 Å². The zero-order valence-electron chi connectivity index (χ0n) is 9.91. The van der Waals surface area contributed by atoms with E-state index < -0.39 is 18.0 Å². The van der Waals surface area contributed by atoms with Crippen molar-refractivity contribution in [3.8, 4) is 0 Å². The third-order valence-corrected chi connectivity index (χ3v) is 2.13. The van der Waals surface area contributed by atoms with Gasteiger partial charge in [-0.05, 0) is 14.0 Å². The molecule has 94 valence electrons. The van der Waals surface area contributed by atoms with E-state index in [4.69, 9.17) is 5.11 Å². The number of carboxylic acid groups (broad SMARTS) is 1. The van der Waals surface area contributed by atoms with Crippen molar-refractivity contribution >= 4 is 11.9 Å². The minimum absolute atomic E-state index is 0.0633. The Morgan fingerprint density at radius 2 is 2.00 bits per heavy atom. The Hall–Kier alpha value is -1.14. The maximum absolute atomic E-state index is 11.5. The molecule has 0 radical (unpaired) electrons. The number of aliphatic hydroxyl groups is 1. The molecule has 0 bridgehead atoms. The molecule has 2 atom stereocenters. The predicted octanol–water partition coefficient (Wildman–Crippen LogP) is -0.816. The molecule has 0 aliphatic rings. The van der Waals surface area contributed by atoms with E-state index in [2.05, 4.69) is 10.6 Å². The van der Waals surface area contributed by atoms with Crippen LogP contribution in [-0.2, 0) is 9.59 Å². The molecule has 16 heavy (non-hydrogen) atoms. The number of hydrogen-bond acceptors (Lipinski definition) is 4. The number of carboxylic acids is 1. The van der Waals surface area contributed by atoms with Gasteiger partial charge in [0.25, 0.3) is 0 Å². The van der Waals surface area contributed by atoms with Crippen LogP contribution in [0.3, 0.4) is 0 Å². The fraction of sp³-hybridized carbons (Fsp3) is 0.800. The SMILES string of the molecule is CNCC(C)C(=O)NCC(C)(O)CC(=O)O. The van der Waals surface area contributed by atoms with Gasteiger partial charge < -0.3 is 20.8 Å². The minimum atomic E-state index is -1.42. The summed E-state index contributed by atoms with van der Waals surface area (Å²) in [6.07, 6.45) is -0.395. The van der Waals surface area contributed by atoms with E-state index in [-0.39, 0.29) is 18.4 Å². The van der Waals surface area contributed by atoms with Crippen LogP contribution in [0.2, 0.25) is 0 Å². The van der Waals surface area contributed by atoms with E-state index in [1.54, 1.807) is 14.0 Å². The third kappa shape index (κ3) is 6.36. The minimum Gasteiger partial charge on any atom is -0.481 e. The lowest BCUT2D eigenvalue weighted by Crippen LogP contribution is -2.44. The van der Waals surface area contributed by atoms with Crippen LogP contribution in [-0.4, -0.2) is 47.8 Å². The number of nitrogens with one attached hydrogen (secondary N) is 2. The van der Waals surface area contributed by atoms with Gasteiger partial charge in [-0.3, -0.25) is 9.59 Å². The Bertz CT molecular complexity index is 253. The van der Waals surface area contributed by atoms with Crippen LogP contribution >= 0.6 is 0 Å². The summed E-state index contributed by atoms with van der Waals surface area (Å²) < 4.78 is 0. The number of amides is 1. The average molecular weight is 232 g/mol. The quantitative estimate of drug-likeness (QED) is 0.460. The Morgan fingerprint density at radius 1 is 1.44 bits per heavy atom. The second-order valence-corrected chi connectivity index (χ2v) is 4.24. The zero-order chi connectivity index (χ0) is 12.8. The molecule has 0 saturated heterocycles. The van der Waals surface area contributed by atoms with Crippen LogP contribution in [0.15, 0.2) is 0 Å². The fourth-order valence-electron chi connectivity index (χ4n) is 1.24. The van der Waals surface area contributed by atoms with E-state index in [0.29, 0.717) is 6.54 Å². The summed E-state index contributed by atoms with van der Waals surface area (Å²) in [7, 11) is 1.74. The summed E-state index contributed by atoms with van der Waals surface area (Å²) in [4.78, 5) is 21.9. The van der Waals surface area contributed by atoms with Crippen molar-refractivity contribution < 1.29 is 19.8 Å². The predicted molar refractivity (Wildman–Crippen MR) is 59.0 cm³/mol. The molecule has 2 unspecified atom stereocenters. The molecule has 4 N–H and O–H groups in total. The molecule has 0 spiro atoms. The van der Waals surface area contributed by atoms with Crippen molar-refractivity contribution in [2.75, 3.05) is 20.1 Å². The molecule has 0 aliphatic heterocycles. The lowest BCUT2D eigenvalue weighted by molar-refractivity contribution is -0.142. The van der Waals surface area contributed by atoms with Crippen LogP contribution in [0.4, 0.5) is 0 Å². The Morgan fingerprint density at radius 3 is 2.44 bits per heavy atom. The highest BCUT2D eigenvalue weighted by Crippen LogP contribution is 2.07. The molecule has 6 heteroatoms. The van der Waals surface area contributed by atoms with Gasteiger partial charge in [0.2, 0.25) is 5.91 Å². The lowest BCUT2D eigenvalue weighted by atomic mass is 10.0. The van der Waals surface area contributed by atoms with Crippen molar-refractivity contribution in [3.05, 3.63) is 0 Å². The van der Waals surface area contributed by atoms with Gasteiger partial charge in [0.15, 0.2) is 0 Å². The van der Waals surface area contributed by atoms with Gasteiger partial charge in [0, 0.05) is 19.0 Å². The lowest BCUT2D eigenvalue weighted by Gasteiger charge is -2.22. The maximum Gasteiger partial charge on any atom is 0.306 e. The van der Waals surface area contributed by atoms with Crippen molar-refractivity contribution in [3.63, 3.8) is 0 Å². The first kappa shape index (κ1) is 14.9. The van der Waals surface area contributed by atoms with E-state index >= 15 is 0 Å². The number of carbonyl (C=O) groups is 2. The van der Waals surface area contributed by atoms with Crippen molar-refractivity contribution in [1.82, 2.24) is 10.6 Å². The molecule has 0 aromatic heterocycles. The molecular formula is C10H20N2O4. The number of aliphatic carboxylic acids is 1. The molecule has 0 saturated carbocycles. The molecule has 0 heterocycles. The molecule has 6 nitrogen and oxygen atoms in total. The van der Waals surface area contributed by atoms with Crippen LogP contribution in [0, 0.1) is 5.92 Å². The molecule has 0 aromatic carbocycles. The summed E-state index contributed by atoms with van der Waals surface area (Å²) in [5.74, 6) is -1.52. The average Bonchev–Trinajstić information content (AvgIpc) is 2.12. The number of carbonyl (C=O) groups excluding carboxylic acids is 1. The van der Waals surface area contributed by atoms with E-state index in [9.17, 15) is 14.7 Å². The van der Waals surface area contributed by atoms with E-state index in [1.807, 2.05) is 0 Å². The molecule has 0 aromatic rings. The molecule has 1 amide bonds. The highest BCUT2D eigenvalue weighted by atomic mass is 16.4. The summed E-state index contributed by atoms with van der Waals surface area (Å²) >= 11 is 0. The van der Waals surface area contributed by atoms with Crippen molar-refractivity contribution in [2.24, 2.45) is 5.92 Å². The number of rotatable bonds is 7. The Kier molecular flexibility index (Phi) is 5.98. The third-order valence-electron chi connectivity index (χ3n) is 2.13. The van der Waals surface area contributed by atoms with Crippen LogP contribution in [0.25, 0.3) is 0 Å². The van der Waals surface area contributed by atoms with Gasteiger partial charge in [0.05, 0.1) is 12.0 Å². The first-order valence-corrected chi connectivity index (χ1v) is 5.15. The smallest absolute Gasteiger partial charge is 0.306 e. The summed E-state index contributed by atoms with van der Waals surface area (Å²) in [6.45, 7) is 3.60. The first-order chi connectivity index (χ1) is 7.28. The van der Waals surface area contributed by atoms with Gasteiger partial charge in [0.1, 0.15) is 0 Å². The van der Waals surface area contributed by atoms with Gasteiger partial charge in [-0.2, -0.15) is 0 Å². The molecule has 0 aliphatic carbocycles. The van der Waals surface area contributed by atoms with Gasteiger partial charge in [-0.15, -0.1) is 0 Å². The largest absolute Gasteiger partial charge is 0.481 e. The Balaban J connectivity index is 4.03. The first-order valence-electron chi connectivity index (χ1n) is 5.15. The zero-order valence-corrected chi connectivity index (χ0v) is 9.91. The monoisotopic (exact) mass is 232 g/mol. The summed E-state index contributed by atoms with van der Waals surface area (Å²) in [6, 6.07) is 0. The van der Waals surface area contributed by atoms with Gasteiger partial charge in [-0.1, -0.05) is 6.92 Å². The Labute approximate surface area is 95.0 Å². The van der Waals surface area contributed by atoms with Crippen molar-refractivity contribution in [1.29, 1.82) is 0 Å². The maximum atomic E-state index is 11.5. The second-order valence-electron chi connectivity index (χ2n) is 4.24. The summed E-state index contributed by atoms with van der Waals surface area (Å²) in [5.41, 5.74) is -1.42. The highest BCUT2D eigenvalue weighted by molar-refractivity contribution is 5.78. The number of hydrogen-bond donors (Lipinski definition) is 4. The van der Waals surface area contributed by atoms with Crippen LogP contribution in [0.5, 0.6) is 0 Å². The fourth-order valence-corrected chi connectivity index (χ4v) is 1.24. The standard InChI is InChI=1S/C10H20N2O4/c1-7(5-11-3)9(15)12-6-10(2,16)4-8(13)14/h7,11,16H,4-6H2,1-3H3,(H,12,15)(H,13,14). The molecular weight excluding hydrogens is 212 g/mol.